The standard InChI is InChI=1S/C26H34F2N6O3/c1-24(16-35,17-36)32-20-6-5-18(22(30-20)33-12-9-25(7-8-25)10-13-33)23(37)31-19-3-2-4-21(29-19)34-14-11-26(27,28)15-34/h2-6,35-36H,7-17H2,1H3,(H,30,32)(H,29,31,37). The summed E-state index contributed by atoms with van der Waals surface area (Å²) in [5, 5.41) is 25.3. The van der Waals surface area contributed by atoms with Crippen LogP contribution in [0.15, 0.2) is 30.3 Å². The molecule has 1 spiro atoms. The molecular formula is C26H34F2N6O3. The number of aliphatic hydroxyl groups is 2. The summed E-state index contributed by atoms with van der Waals surface area (Å²) in [7, 11) is 0. The lowest BCUT2D eigenvalue weighted by atomic mass is 9.93. The van der Waals surface area contributed by atoms with Crippen LogP contribution in [0.5, 0.6) is 0 Å². The van der Waals surface area contributed by atoms with Gasteiger partial charge in [0, 0.05) is 26.1 Å². The number of carbonyl (C=O) groups excluding carboxylic acids is 1. The second-order valence-corrected chi connectivity index (χ2v) is 10.9. The Labute approximate surface area is 214 Å². The van der Waals surface area contributed by atoms with Gasteiger partial charge in [0.15, 0.2) is 0 Å². The molecule has 0 atom stereocenters. The molecule has 1 amide bonds. The third-order valence-corrected chi connectivity index (χ3v) is 7.80. The number of carbonyl (C=O) groups is 1. The van der Waals surface area contributed by atoms with Gasteiger partial charge in [0.05, 0.1) is 30.9 Å². The van der Waals surface area contributed by atoms with Crippen LogP contribution in [-0.2, 0) is 0 Å². The van der Waals surface area contributed by atoms with E-state index < -0.39 is 23.9 Å². The first kappa shape index (κ1) is 25.6. The zero-order valence-electron chi connectivity index (χ0n) is 21.0. The zero-order chi connectivity index (χ0) is 26.3. The van der Waals surface area contributed by atoms with Gasteiger partial charge < -0.3 is 30.6 Å². The molecule has 0 unspecified atom stereocenters. The van der Waals surface area contributed by atoms with E-state index >= 15 is 0 Å². The summed E-state index contributed by atoms with van der Waals surface area (Å²) in [6, 6.07) is 8.28. The normalized spacial score (nSPS) is 20.2. The average Bonchev–Trinajstić information content (AvgIpc) is 3.54. The number of nitrogens with one attached hydrogen (secondary N) is 2. The lowest BCUT2D eigenvalue weighted by molar-refractivity contribution is 0.0256. The molecule has 3 aliphatic rings. The SMILES string of the molecule is CC(CO)(CO)Nc1ccc(C(=O)Nc2cccc(N3CCC(F)(F)C3)n2)c(N2CCC3(CC2)CC3)n1. The minimum atomic E-state index is -2.74. The Bertz CT molecular complexity index is 1140. The Morgan fingerprint density at radius 3 is 2.30 bits per heavy atom. The highest BCUT2D eigenvalue weighted by Crippen LogP contribution is 2.54. The van der Waals surface area contributed by atoms with E-state index in [9.17, 15) is 23.8 Å². The summed E-state index contributed by atoms with van der Waals surface area (Å²) < 4.78 is 27.4. The second kappa shape index (κ2) is 9.68. The molecule has 2 aromatic rings. The van der Waals surface area contributed by atoms with E-state index in [1.807, 2.05) is 0 Å². The Morgan fingerprint density at radius 2 is 1.68 bits per heavy atom. The Morgan fingerprint density at radius 1 is 0.973 bits per heavy atom. The fourth-order valence-electron chi connectivity index (χ4n) is 5.03. The van der Waals surface area contributed by atoms with Crippen molar-refractivity contribution in [1.29, 1.82) is 0 Å². The van der Waals surface area contributed by atoms with E-state index in [0.717, 1.165) is 25.9 Å². The van der Waals surface area contributed by atoms with Gasteiger partial charge in [-0.2, -0.15) is 0 Å². The number of piperidine rings is 1. The van der Waals surface area contributed by atoms with E-state index in [1.54, 1.807) is 37.3 Å². The molecule has 0 aromatic carbocycles. The maximum atomic E-state index is 13.7. The summed E-state index contributed by atoms with van der Waals surface area (Å²) in [4.78, 5) is 26.2. The molecule has 1 saturated carbocycles. The summed E-state index contributed by atoms with van der Waals surface area (Å²) in [5.41, 5.74) is -0.158. The van der Waals surface area contributed by atoms with Crippen molar-refractivity contribution in [1.82, 2.24) is 9.97 Å². The van der Waals surface area contributed by atoms with Crippen molar-refractivity contribution in [2.75, 3.05) is 59.8 Å². The van der Waals surface area contributed by atoms with Crippen molar-refractivity contribution in [3.63, 3.8) is 0 Å². The van der Waals surface area contributed by atoms with Crippen LogP contribution in [0.2, 0.25) is 0 Å². The molecule has 4 N–H and O–H groups in total. The Kier molecular flexibility index (Phi) is 6.70. The molecule has 2 aliphatic heterocycles. The van der Waals surface area contributed by atoms with Gasteiger partial charge in [0.2, 0.25) is 0 Å². The molecule has 2 saturated heterocycles. The number of hydrogen-bond acceptors (Lipinski definition) is 8. The first-order valence-electron chi connectivity index (χ1n) is 12.8. The van der Waals surface area contributed by atoms with Crippen LogP contribution in [0, 0.1) is 5.41 Å². The highest BCUT2D eigenvalue weighted by molar-refractivity contribution is 6.07. The van der Waals surface area contributed by atoms with Crippen LogP contribution in [0.4, 0.5) is 32.1 Å². The highest BCUT2D eigenvalue weighted by atomic mass is 19.3. The fraction of sp³-hybridized carbons (Fsp3) is 0.577. The largest absolute Gasteiger partial charge is 0.394 e. The molecule has 37 heavy (non-hydrogen) atoms. The molecule has 0 radical (unpaired) electrons. The lowest BCUT2D eigenvalue weighted by Crippen LogP contribution is -2.43. The maximum Gasteiger partial charge on any atom is 0.266 e. The average molecular weight is 517 g/mol. The second-order valence-electron chi connectivity index (χ2n) is 10.9. The van der Waals surface area contributed by atoms with Gasteiger partial charge in [0.1, 0.15) is 23.3 Å². The minimum Gasteiger partial charge on any atom is -0.394 e. The molecule has 0 bridgehead atoms. The number of amides is 1. The van der Waals surface area contributed by atoms with Crippen molar-refractivity contribution < 1.29 is 23.8 Å². The van der Waals surface area contributed by atoms with E-state index in [-0.39, 0.29) is 32.0 Å². The number of aliphatic hydroxyl groups excluding tert-OH is 2. The topological polar surface area (TPSA) is 114 Å². The monoisotopic (exact) mass is 516 g/mol. The summed E-state index contributed by atoms with van der Waals surface area (Å²) in [6.45, 7) is 2.48. The van der Waals surface area contributed by atoms with Crippen molar-refractivity contribution in [3.8, 4) is 0 Å². The van der Waals surface area contributed by atoms with Crippen LogP contribution in [0.3, 0.4) is 0 Å². The van der Waals surface area contributed by atoms with E-state index in [4.69, 9.17) is 4.98 Å². The van der Waals surface area contributed by atoms with Crippen molar-refractivity contribution >= 4 is 29.2 Å². The molecule has 2 aromatic heterocycles. The Balaban J connectivity index is 1.38. The predicted octanol–water partition coefficient (Wildman–Crippen LogP) is 3.11. The van der Waals surface area contributed by atoms with E-state index in [1.165, 1.54) is 17.7 Å². The van der Waals surface area contributed by atoms with Crippen molar-refractivity contribution in [2.45, 2.75) is 50.5 Å². The summed E-state index contributed by atoms with van der Waals surface area (Å²) in [5.74, 6) is -1.51. The molecule has 11 heteroatoms. The molecule has 5 rings (SSSR count). The number of anilines is 4. The van der Waals surface area contributed by atoms with Crippen LogP contribution in [-0.4, -0.2) is 76.9 Å². The zero-order valence-corrected chi connectivity index (χ0v) is 21.0. The van der Waals surface area contributed by atoms with Crippen LogP contribution in [0.1, 0.15) is 49.4 Å². The number of halogens is 2. The van der Waals surface area contributed by atoms with Crippen molar-refractivity contribution in [2.24, 2.45) is 5.41 Å². The van der Waals surface area contributed by atoms with Crippen LogP contribution < -0.4 is 20.4 Å². The highest BCUT2D eigenvalue weighted by Gasteiger charge is 2.45. The fourth-order valence-corrected chi connectivity index (χ4v) is 5.03. The molecule has 4 heterocycles. The van der Waals surface area contributed by atoms with Gasteiger partial charge in [-0.05, 0) is 62.3 Å². The molecular weight excluding hydrogens is 482 g/mol. The number of hydrogen-bond donors (Lipinski definition) is 4. The Hall–Kier alpha value is -3.05. The van der Waals surface area contributed by atoms with Gasteiger partial charge in [0.25, 0.3) is 11.8 Å². The van der Waals surface area contributed by atoms with Crippen LogP contribution in [0.25, 0.3) is 0 Å². The number of alkyl halides is 2. The van der Waals surface area contributed by atoms with Gasteiger partial charge in [-0.15, -0.1) is 0 Å². The maximum absolute atomic E-state index is 13.7. The molecule has 200 valence electrons. The summed E-state index contributed by atoms with van der Waals surface area (Å²) in [6.07, 6.45) is 4.37. The van der Waals surface area contributed by atoms with E-state index in [2.05, 4.69) is 20.5 Å². The van der Waals surface area contributed by atoms with Crippen LogP contribution >= 0.6 is 0 Å². The lowest BCUT2D eigenvalue weighted by Gasteiger charge is -2.34. The van der Waals surface area contributed by atoms with Gasteiger partial charge in [-0.3, -0.25) is 4.79 Å². The van der Waals surface area contributed by atoms with Crippen molar-refractivity contribution in [3.05, 3.63) is 35.9 Å². The molecule has 1 aliphatic carbocycles. The van der Waals surface area contributed by atoms with E-state index in [0.29, 0.717) is 28.4 Å². The smallest absolute Gasteiger partial charge is 0.266 e. The number of rotatable bonds is 8. The van der Waals surface area contributed by atoms with Gasteiger partial charge >= 0.3 is 0 Å². The number of pyridine rings is 2. The minimum absolute atomic E-state index is 0.205. The van der Waals surface area contributed by atoms with Gasteiger partial charge in [-0.1, -0.05) is 6.07 Å². The third-order valence-electron chi connectivity index (χ3n) is 7.80. The predicted molar refractivity (Wildman–Crippen MR) is 138 cm³/mol. The first-order chi connectivity index (χ1) is 17.6. The summed E-state index contributed by atoms with van der Waals surface area (Å²) >= 11 is 0. The first-order valence-corrected chi connectivity index (χ1v) is 12.8. The molecule has 3 fully saturated rings. The number of aromatic nitrogens is 2. The third kappa shape index (κ3) is 5.62. The number of nitrogens with zero attached hydrogens (tertiary/aromatic N) is 4. The van der Waals surface area contributed by atoms with Gasteiger partial charge in [-0.25, -0.2) is 18.7 Å². The quantitative estimate of drug-likeness (QED) is 0.423. The molecule has 9 nitrogen and oxygen atoms in total.